The van der Waals surface area contributed by atoms with Gasteiger partial charge in [0.25, 0.3) is 0 Å². The predicted octanol–water partition coefficient (Wildman–Crippen LogP) is 4.09. The number of aliphatic imine (C=N–C) groups is 1. The standard InChI is InChI=1S/C22H30N2O4/c1-5-24(6-2)11-12-28-21(27)16-7-9-17(10-8-16)23-15-18-19(25)13-22(3,4)14-20(18)26/h7-10,15,25H,5-6,11-14H2,1-4H3. The largest absolute Gasteiger partial charge is 0.511 e. The lowest BCUT2D eigenvalue weighted by atomic mass is 9.77. The minimum atomic E-state index is -0.368. The monoisotopic (exact) mass is 386 g/mol. The highest BCUT2D eigenvalue weighted by Gasteiger charge is 2.32. The molecule has 0 radical (unpaired) electrons. The van der Waals surface area contributed by atoms with Gasteiger partial charge in [-0.25, -0.2) is 4.79 Å². The number of aliphatic hydroxyl groups excluding tert-OH is 1. The number of hydrogen-bond donors (Lipinski definition) is 1. The number of carbonyl (C=O) groups is 2. The van der Waals surface area contributed by atoms with Crippen LogP contribution in [0, 0.1) is 5.41 Å². The van der Waals surface area contributed by atoms with Crippen LogP contribution in [-0.4, -0.2) is 54.2 Å². The lowest BCUT2D eigenvalue weighted by molar-refractivity contribution is -0.117. The molecule has 0 bridgehead atoms. The number of ether oxygens (including phenoxy) is 1. The molecular formula is C22H30N2O4. The molecule has 0 amide bonds. The zero-order valence-corrected chi connectivity index (χ0v) is 17.2. The molecule has 0 saturated carbocycles. The first-order valence-electron chi connectivity index (χ1n) is 9.74. The fourth-order valence-electron chi connectivity index (χ4n) is 3.16. The Morgan fingerprint density at radius 2 is 1.86 bits per heavy atom. The second-order valence-corrected chi connectivity index (χ2v) is 7.77. The number of esters is 1. The lowest BCUT2D eigenvalue weighted by Gasteiger charge is -2.28. The van der Waals surface area contributed by atoms with Crippen molar-refractivity contribution in [2.75, 3.05) is 26.2 Å². The summed E-state index contributed by atoms with van der Waals surface area (Å²) in [4.78, 5) is 30.8. The molecule has 0 fully saturated rings. The quantitative estimate of drug-likeness (QED) is 0.538. The second-order valence-electron chi connectivity index (χ2n) is 7.77. The summed E-state index contributed by atoms with van der Waals surface area (Å²) in [5.74, 6) is -0.392. The van der Waals surface area contributed by atoms with Gasteiger partial charge in [-0.3, -0.25) is 9.79 Å². The van der Waals surface area contributed by atoms with E-state index >= 15 is 0 Å². The number of rotatable bonds is 8. The van der Waals surface area contributed by atoms with Crippen molar-refractivity contribution in [1.82, 2.24) is 4.90 Å². The Bertz CT molecular complexity index is 759. The van der Waals surface area contributed by atoms with E-state index in [1.807, 2.05) is 13.8 Å². The van der Waals surface area contributed by atoms with Crippen molar-refractivity contribution in [3.8, 4) is 0 Å². The first-order chi connectivity index (χ1) is 13.3. The van der Waals surface area contributed by atoms with Crippen molar-refractivity contribution in [3.63, 3.8) is 0 Å². The van der Waals surface area contributed by atoms with Gasteiger partial charge >= 0.3 is 5.97 Å². The number of aliphatic hydroxyl groups is 1. The third-order valence-electron chi connectivity index (χ3n) is 4.88. The van der Waals surface area contributed by atoms with Crippen LogP contribution < -0.4 is 0 Å². The van der Waals surface area contributed by atoms with E-state index in [-0.39, 0.29) is 28.5 Å². The van der Waals surface area contributed by atoms with E-state index in [2.05, 4.69) is 23.7 Å². The van der Waals surface area contributed by atoms with Crippen LogP contribution in [0.5, 0.6) is 0 Å². The van der Waals surface area contributed by atoms with E-state index in [1.54, 1.807) is 24.3 Å². The van der Waals surface area contributed by atoms with E-state index in [0.717, 1.165) is 13.1 Å². The minimum absolute atomic E-state index is 0.0819. The molecule has 2 rings (SSSR count). The molecule has 1 N–H and O–H groups in total. The molecule has 0 aliphatic heterocycles. The predicted molar refractivity (Wildman–Crippen MR) is 110 cm³/mol. The van der Waals surface area contributed by atoms with Gasteiger partial charge in [-0.05, 0) is 42.8 Å². The highest BCUT2D eigenvalue weighted by molar-refractivity contribution is 6.14. The fourth-order valence-corrected chi connectivity index (χ4v) is 3.16. The Morgan fingerprint density at radius 1 is 1.21 bits per heavy atom. The van der Waals surface area contributed by atoms with E-state index in [4.69, 9.17) is 4.74 Å². The third-order valence-corrected chi connectivity index (χ3v) is 4.88. The van der Waals surface area contributed by atoms with Gasteiger partial charge < -0.3 is 14.7 Å². The van der Waals surface area contributed by atoms with Gasteiger partial charge in [-0.2, -0.15) is 0 Å². The van der Waals surface area contributed by atoms with Crippen LogP contribution in [0.4, 0.5) is 5.69 Å². The molecule has 0 saturated heterocycles. The summed E-state index contributed by atoms with van der Waals surface area (Å²) in [5, 5.41) is 10.1. The maximum absolute atomic E-state index is 12.2. The number of ketones is 1. The Hall–Kier alpha value is -2.47. The van der Waals surface area contributed by atoms with Crippen LogP contribution in [0.2, 0.25) is 0 Å². The normalized spacial score (nSPS) is 16.8. The fraction of sp³-hybridized carbons (Fsp3) is 0.500. The number of nitrogens with zero attached hydrogens (tertiary/aromatic N) is 2. The van der Waals surface area contributed by atoms with Gasteiger partial charge in [0.15, 0.2) is 5.78 Å². The van der Waals surface area contributed by atoms with Crippen molar-refractivity contribution < 1.29 is 19.4 Å². The first kappa shape index (κ1) is 21.8. The van der Waals surface area contributed by atoms with E-state index in [0.29, 0.717) is 37.2 Å². The molecule has 0 unspecified atom stereocenters. The lowest BCUT2D eigenvalue weighted by Crippen LogP contribution is -2.27. The first-order valence-corrected chi connectivity index (χ1v) is 9.74. The summed E-state index contributed by atoms with van der Waals surface area (Å²) in [7, 11) is 0. The molecule has 0 aromatic heterocycles. The average Bonchev–Trinajstić information content (AvgIpc) is 2.64. The Labute approximate surface area is 166 Å². The summed E-state index contributed by atoms with van der Waals surface area (Å²) in [6.07, 6.45) is 2.25. The van der Waals surface area contributed by atoms with Gasteiger partial charge in [-0.1, -0.05) is 27.7 Å². The Balaban J connectivity index is 1.96. The molecule has 6 heteroatoms. The SMILES string of the molecule is CCN(CC)CCOC(=O)c1ccc(N=CC2=C(O)CC(C)(C)CC2=O)cc1. The Morgan fingerprint density at radius 3 is 2.43 bits per heavy atom. The molecule has 0 spiro atoms. The van der Waals surface area contributed by atoms with Crippen molar-refractivity contribution in [3.05, 3.63) is 41.2 Å². The zero-order chi connectivity index (χ0) is 20.7. The molecule has 152 valence electrons. The van der Waals surface area contributed by atoms with Crippen molar-refractivity contribution in [2.24, 2.45) is 10.4 Å². The molecule has 1 aromatic rings. The number of hydrogen-bond acceptors (Lipinski definition) is 6. The molecule has 6 nitrogen and oxygen atoms in total. The van der Waals surface area contributed by atoms with Crippen molar-refractivity contribution >= 4 is 23.7 Å². The van der Waals surface area contributed by atoms with E-state index < -0.39 is 0 Å². The van der Waals surface area contributed by atoms with Crippen molar-refractivity contribution in [1.29, 1.82) is 0 Å². The minimum Gasteiger partial charge on any atom is -0.511 e. The molecule has 1 aromatic carbocycles. The summed E-state index contributed by atoms with van der Waals surface area (Å²) in [5.41, 5.74) is 1.08. The summed E-state index contributed by atoms with van der Waals surface area (Å²) < 4.78 is 5.30. The van der Waals surface area contributed by atoms with Crippen LogP contribution in [-0.2, 0) is 9.53 Å². The smallest absolute Gasteiger partial charge is 0.338 e. The zero-order valence-electron chi connectivity index (χ0n) is 17.2. The summed E-state index contributed by atoms with van der Waals surface area (Å²) >= 11 is 0. The van der Waals surface area contributed by atoms with Crippen LogP contribution in [0.25, 0.3) is 0 Å². The third kappa shape index (κ3) is 6.02. The van der Waals surface area contributed by atoms with Gasteiger partial charge in [0.1, 0.15) is 12.4 Å². The molecule has 1 aliphatic carbocycles. The van der Waals surface area contributed by atoms with Crippen molar-refractivity contribution in [2.45, 2.75) is 40.5 Å². The average molecular weight is 386 g/mol. The molecule has 1 aliphatic rings. The van der Waals surface area contributed by atoms with E-state index in [1.165, 1.54) is 6.21 Å². The molecule has 0 heterocycles. The summed E-state index contributed by atoms with van der Waals surface area (Å²) in [6.45, 7) is 11.0. The topological polar surface area (TPSA) is 79.2 Å². The number of allylic oxidation sites excluding steroid dienone is 2. The highest BCUT2D eigenvalue weighted by Crippen LogP contribution is 2.35. The number of likely N-dealkylation sites (N-methyl/N-ethyl adjacent to an activating group) is 1. The van der Waals surface area contributed by atoms with Crippen LogP contribution in [0.3, 0.4) is 0 Å². The number of carbonyl (C=O) groups excluding carboxylic acids is 2. The maximum atomic E-state index is 12.2. The number of benzene rings is 1. The molecule has 28 heavy (non-hydrogen) atoms. The van der Waals surface area contributed by atoms with E-state index in [9.17, 15) is 14.7 Å². The van der Waals surface area contributed by atoms with Gasteiger partial charge in [0.2, 0.25) is 0 Å². The summed E-state index contributed by atoms with van der Waals surface area (Å²) in [6, 6.07) is 6.66. The Kier molecular flexibility index (Phi) is 7.52. The van der Waals surface area contributed by atoms with Gasteiger partial charge in [-0.15, -0.1) is 0 Å². The van der Waals surface area contributed by atoms with Crippen LogP contribution in [0.15, 0.2) is 40.6 Å². The van der Waals surface area contributed by atoms with Gasteiger partial charge in [0.05, 0.1) is 16.8 Å². The second kappa shape index (κ2) is 9.64. The van der Waals surface area contributed by atoms with Crippen LogP contribution in [0.1, 0.15) is 50.9 Å². The highest BCUT2D eigenvalue weighted by atomic mass is 16.5. The maximum Gasteiger partial charge on any atom is 0.338 e. The van der Waals surface area contributed by atoms with Gasteiger partial charge in [0, 0.05) is 25.6 Å². The number of Topliss-reactive ketones (excluding diaryl/α,β-unsaturated/α-hetero) is 1. The van der Waals surface area contributed by atoms with Crippen LogP contribution >= 0.6 is 0 Å². The molecular weight excluding hydrogens is 356 g/mol. The molecule has 0 atom stereocenters.